The number of hydrogen-bond donors (Lipinski definition) is 1. The van der Waals surface area contributed by atoms with Crippen LogP contribution in [0.2, 0.25) is 0 Å². The minimum Gasteiger partial charge on any atom is -0.237 e. The van der Waals surface area contributed by atoms with Crippen molar-refractivity contribution in [1.82, 2.24) is 19.5 Å². The van der Waals surface area contributed by atoms with Crippen LogP contribution in [0.1, 0.15) is 22.3 Å². The highest BCUT2D eigenvalue weighted by atomic mass is 32.2. The average Bonchev–Trinajstić information content (AvgIpc) is 3.06. The first kappa shape index (κ1) is 17.3. The van der Waals surface area contributed by atoms with Crippen molar-refractivity contribution < 1.29 is 8.42 Å². The molecular formula is C18H20N4O2S. The molecular weight excluding hydrogens is 336 g/mol. The fourth-order valence-corrected chi connectivity index (χ4v) is 4.41. The zero-order valence-electron chi connectivity index (χ0n) is 14.4. The number of rotatable bonds is 5. The van der Waals surface area contributed by atoms with Gasteiger partial charge >= 0.3 is 0 Å². The normalized spacial score (nSPS) is 11.6. The summed E-state index contributed by atoms with van der Waals surface area (Å²) in [7, 11) is -3.60. The number of aromatic nitrogens is 3. The minimum atomic E-state index is -3.60. The number of benzene rings is 1. The maximum Gasteiger partial charge on any atom is 0.241 e. The molecule has 0 fully saturated rings. The van der Waals surface area contributed by atoms with E-state index in [0.717, 1.165) is 22.3 Å². The van der Waals surface area contributed by atoms with Crippen molar-refractivity contribution in [3.63, 3.8) is 0 Å². The molecule has 2 heterocycles. The lowest BCUT2D eigenvalue weighted by Gasteiger charge is -2.13. The lowest BCUT2D eigenvalue weighted by atomic mass is 10.1. The van der Waals surface area contributed by atoms with E-state index < -0.39 is 10.0 Å². The lowest BCUT2D eigenvalue weighted by Crippen LogP contribution is -2.25. The predicted molar refractivity (Wildman–Crippen MR) is 96.0 cm³/mol. The second-order valence-corrected chi connectivity index (χ2v) is 7.73. The summed E-state index contributed by atoms with van der Waals surface area (Å²) in [5.41, 5.74) is 3.35. The van der Waals surface area contributed by atoms with E-state index in [2.05, 4.69) is 14.8 Å². The van der Waals surface area contributed by atoms with Gasteiger partial charge < -0.3 is 0 Å². The Morgan fingerprint density at radius 3 is 2.44 bits per heavy atom. The van der Waals surface area contributed by atoms with Crippen LogP contribution in [0.3, 0.4) is 0 Å². The maximum absolute atomic E-state index is 12.7. The van der Waals surface area contributed by atoms with E-state index in [1.54, 1.807) is 35.4 Å². The molecule has 0 amide bonds. The van der Waals surface area contributed by atoms with Crippen LogP contribution in [0.4, 0.5) is 0 Å². The van der Waals surface area contributed by atoms with Crippen molar-refractivity contribution in [3.05, 3.63) is 71.2 Å². The molecule has 0 bridgehead atoms. The van der Waals surface area contributed by atoms with Crippen LogP contribution in [0, 0.1) is 20.8 Å². The second-order valence-electron chi connectivity index (χ2n) is 6.03. The molecule has 1 N–H and O–H groups in total. The monoisotopic (exact) mass is 356 g/mol. The van der Waals surface area contributed by atoms with Crippen LogP contribution < -0.4 is 4.72 Å². The Bertz CT molecular complexity index is 973. The number of nitrogens with zero attached hydrogens (tertiary/aromatic N) is 3. The molecule has 0 unspecified atom stereocenters. The summed E-state index contributed by atoms with van der Waals surface area (Å²) in [6, 6.07) is 9.16. The number of hydrogen-bond acceptors (Lipinski definition) is 4. The SMILES string of the molecule is Cc1cc(C)c(S(=O)(=O)NCc2ccnc(-n3cccn3)c2)c(C)c1. The molecule has 0 radical (unpaired) electrons. The summed E-state index contributed by atoms with van der Waals surface area (Å²) < 4.78 is 29.8. The Morgan fingerprint density at radius 1 is 1.08 bits per heavy atom. The van der Waals surface area contributed by atoms with Gasteiger partial charge in [0.2, 0.25) is 10.0 Å². The van der Waals surface area contributed by atoms with E-state index >= 15 is 0 Å². The van der Waals surface area contributed by atoms with Crippen LogP contribution in [-0.2, 0) is 16.6 Å². The van der Waals surface area contributed by atoms with Gasteiger partial charge in [0.15, 0.2) is 5.82 Å². The van der Waals surface area contributed by atoms with Crippen molar-refractivity contribution in [1.29, 1.82) is 0 Å². The summed E-state index contributed by atoms with van der Waals surface area (Å²) in [6.45, 7) is 5.77. The number of nitrogens with one attached hydrogen (secondary N) is 1. The molecule has 1 aromatic carbocycles. The topological polar surface area (TPSA) is 76.9 Å². The van der Waals surface area contributed by atoms with Gasteiger partial charge in [0.1, 0.15) is 0 Å². The smallest absolute Gasteiger partial charge is 0.237 e. The number of sulfonamides is 1. The van der Waals surface area contributed by atoms with E-state index in [9.17, 15) is 8.42 Å². The number of aryl methyl sites for hydroxylation is 3. The first-order chi connectivity index (χ1) is 11.9. The third-order valence-electron chi connectivity index (χ3n) is 3.89. The average molecular weight is 356 g/mol. The summed E-state index contributed by atoms with van der Waals surface area (Å²) >= 11 is 0. The van der Waals surface area contributed by atoms with Gasteiger partial charge in [0, 0.05) is 25.1 Å². The quantitative estimate of drug-likeness (QED) is 0.762. The first-order valence-corrected chi connectivity index (χ1v) is 9.37. The molecule has 0 spiro atoms. The predicted octanol–water partition coefficient (Wildman–Crippen LogP) is 2.67. The van der Waals surface area contributed by atoms with Crippen molar-refractivity contribution in [2.45, 2.75) is 32.2 Å². The molecule has 3 rings (SSSR count). The van der Waals surface area contributed by atoms with Crippen LogP contribution in [0.25, 0.3) is 5.82 Å². The maximum atomic E-state index is 12.7. The van der Waals surface area contributed by atoms with Crippen molar-refractivity contribution in [2.24, 2.45) is 0 Å². The van der Waals surface area contributed by atoms with Gasteiger partial charge in [-0.25, -0.2) is 22.8 Å². The highest BCUT2D eigenvalue weighted by molar-refractivity contribution is 7.89. The van der Waals surface area contributed by atoms with E-state index in [4.69, 9.17) is 0 Å². The van der Waals surface area contributed by atoms with Gasteiger partial charge in [0.05, 0.1) is 4.90 Å². The number of pyridine rings is 1. The summed E-state index contributed by atoms with van der Waals surface area (Å²) in [5.74, 6) is 0.643. The zero-order valence-corrected chi connectivity index (χ0v) is 15.2. The summed E-state index contributed by atoms with van der Waals surface area (Å²) in [4.78, 5) is 4.59. The molecule has 3 aromatic rings. The fraction of sp³-hybridized carbons (Fsp3) is 0.222. The Morgan fingerprint density at radius 2 is 1.80 bits per heavy atom. The summed E-state index contributed by atoms with van der Waals surface area (Å²) in [6.07, 6.45) is 5.10. The molecule has 25 heavy (non-hydrogen) atoms. The Labute approximate surface area is 147 Å². The molecule has 0 aliphatic carbocycles. The Hall–Kier alpha value is -2.51. The van der Waals surface area contributed by atoms with Gasteiger partial charge in [0.25, 0.3) is 0 Å². The third kappa shape index (κ3) is 3.78. The van der Waals surface area contributed by atoms with Crippen LogP contribution in [0.15, 0.2) is 53.8 Å². The molecule has 6 nitrogen and oxygen atoms in total. The van der Waals surface area contributed by atoms with E-state index in [-0.39, 0.29) is 6.54 Å². The van der Waals surface area contributed by atoms with Crippen LogP contribution >= 0.6 is 0 Å². The van der Waals surface area contributed by atoms with E-state index in [0.29, 0.717) is 10.7 Å². The molecule has 130 valence electrons. The van der Waals surface area contributed by atoms with Crippen LogP contribution in [-0.4, -0.2) is 23.2 Å². The Kier molecular flexibility index (Phi) is 4.69. The first-order valence-electron chi connectivity index (χ1n) is 7.89. The van der Waals surface area contributed by atoms with Crippen molar-refractivity contribution >= 4 is 10.0 Å². The van der Waals surface area contributed by atoms with Gasteiger partial charge in [-0.05, 0) is 55.7 Å². The molecule has 7 heteroatoms. The minimum absolute atomic E-state index is 0.186. The standard InChI is InChI=1S/C18H20N4O2S/c1-13-9-14(2)18(15(3)10-13)25(23,24)21-12-16-5-7-19-17(11-16)22-8-4-6-20-22/h4-11,21H,12H2,1-3H3. The zero-order chi connectivity index (χ0) is 18.0. The summed E-state index contributed by atoms with van der Waals surface area (Å²) in [5, 5.41) is 4.13. The van der Waals surface area contributed by atoms with Gasteiger partial charge in [-0.1, -0.05) is 17.7 Å². The van der Waals surface area contributed by atoms with Gasteiger partial charge in [-0.2, -0.15) is 5.10 Å². The van der Waals surface area contributed by atoms with Crippen molar-refractivity contribution in [3.8, 4) is 5.82 Å². The molecule has 0 atom stereocenters. The Balaban J connectivity index is 1.83. The molecule has 0 aliphatic rings. The van der Waals surface area contributed by atoms with Crippen molar-refractivity contribution in [2.75, 3.05) is 0 Å². The molecule has 0 saturated carbocycles. The molecule has 0 saturated heterocycles. The second kappa shape index (κ2) is 6.78. The lowest BCUT2D eigenvalue weighted by molar-refractivity contribution is 0.580. The van der Waals surface area contributed by atoms with E-state index in [1.807, 2.05) is 39.0 Å². The highest BCUT2D eigenvalue weighted by Crippen LogP contribution is 2.21. The molecule has 0 aliphatic heterocycles. The highest BCUT2D eigenvalue weighted by Gasteiger charge is 2.19. The largest absolute Gasteiger partial charge is 0.241 e. The molecule has 2 aromatic heterocycles. The fourth-order valence-electron chi connectivity index (χ4n) is 2.94. The third-order valence-corrected chi connectivity index (χ3v) is 5.59. The van der Waals surface area contributed by atoms with Crippen LogP contribution in [0.5, 0.6) is 0 Å². The van der Waals surface area contributed by atoms with Gasteiger partial charge in [-0.3, -0.25) is 0 Å². The van der Waals surface area contributed by atoms with Gasteiger partial charge in [-0.15, -0.1) is 0 Å². The van der Waals surface area contributed by atoms with E-state index in [1.165, 1.54) is 0 Å².